The highest BCUT2D eigenvalue weighted by atomic mass is 32.1. The number of piperazine rings is 1. The molecule has 26 nitrogen and oxygen atoms in total. The van der Waals surface area contributed by atoms with Gasteiger partial charge in [0.05, 0.1) is 47.3 Å². The molecule has 7 aromatic heterocycles. The van der Waals surface area contributed by atoms with Crippen molar-refractivity contribution in [2.24, 2.45) is 17.6 Å². The Hall–Kier alpha value is -8.99. The lowest BCUT2D eigenvalue weighted by atomic mass is 9.86. The van der Waals surface area contributed by atoms with Gasteiger partial charge >= 0.3 is 5.97 Å². The summed E-state index contributed by atoms with van der Waals surface area (Å²) in [6, 6.07) is 15.7. The van der Waals surface area contributed by atoms with Gasteiger partial charge in [0.25, 0.3) is 23.6 Å². The van der Waals surface area contributed by atoms with Gasteiger partial charge in [-0.15, -0.1) is 68.0 Å². The van der Waals surface area contributed by atoms with Crippen LogP contribution in [0.15, 0.2) is 93.6 Å². The van der Waals surface area contributed by atoms with Gasteiger partial charge in [0, 0.05) is 101 Å². The average Bonchev–Trinajstić information content (AvgIpc) is 1.60. The van der Waals surface area contributed by atoms with Crippen molar-refractivity contribution in [1.82, 2.24) is 65.5 Å². The summed E-state index contributed by atoms with van der Waals surface area (Å²) in [5.41, 5.74) is 8.99. The van der Waals surface area contributed by atoms with Crippen molar-refractivity contribution >= 4 is 115 Å². The van der Waals surface area contributed by atoms with Gasteiger partial charge in [0.2, 0.25) is 11.8 Å². The number of carbonyl (C=O) groups is 8. The van der Waals surface area contributed by atoms with E-state index in [0.29, 0.717) is 109 Å². The van der Waals surface area contributed by atoms with E-state index in [1.54, 1.807) is 94.7 Å². The van der Waals surface area contributed by atoms with Crippen molar-refractivity contribution < 1.29 is 58.4 Å². The van der Waals surface area contributed by atoms with Gasteiger partial charge in [-0.3, -0.25) is 38.4 Å². The number of hydrogen-bond donors (Lipinski definition) is 7. The number of amides is 6. The number of pyridine rings is 1. The number of aromatic nitrogens is 7. The highest BCUT2D eigenvalue weighted by molar-refractivity contribution is 7.15. The number of aryl methyl sites for hydroxylation is 1. The Kier molecular flexibility index (Phi) is 20.9. The lowest BCUT2D eigenvalue weighted by Gasteiger charge is -2.32. The van der Waals surface area contributed by atoms with Crippen molar-refractivity contribution in [2.45, 2.75) is 101 Å². The van der Waals surface area contributed by atoms with E-state index < -0.39 is 95.8 Å². The molecule has 3 aliphatic heterocycles. The third-order valence-electron chi connectivity index (χ3n) is 18.3. The van der Waals surface area contributed by atoms with Crippen LogP contribution in [0.3, 0.4) is 0 Å². The van der Waals surface area contributed by atoms with Crippen LogP contribution in [0.25, 0.3) is 43.4 Å². The summed E-state index contributed by atoms with van der Waals surface area (Å²) in [7, 11) is 2.01. The number of carboxylic acids is 1. The van der Waals surface area contributed by atoms with E-state index in [9.17, 15) is 48.9 Å². The Balaban J connectivity index is 0.861. The summed E-state index contributed by atoms with van der Waals surface area (Å²) in [6.45, 7) is 5.93. The Morgan fingerprint density at radius 1 is 0.700 bits per heavy atom. The predicted molar refractivity (Wildman–Crippen MR) is 376 cm³/mol. The molecule has 518 valence electrons. The first-order valence-corrected chi connectivity index (χ1v) is 37.5. The molecule has 1 saturated carbocycles. The van der Waals surface area contributed by atoms with Gasteiger partial charge in [-0.2, -0.15) is 0 Å². The number of nitrogens with two attached hydrogens (primary N) is 1. The topological polar surface area (TPSA) is 369 Å². The van der Waals surface area contributed by atoms with Gasteiger partial charge < -0.3 is 56.4 Å². The zero-order valence-corrected chi connectivity index (χ0v) is 59.0. The molecule has 0 radical (unpaired) electrons. The van der Waals surface area contributed by atoms with Crippen LogP contribution < -0.4 is 26.4 Å². The maximum atomic E-state index is 15.5. The number of benzene rings is 2. The fourth-order valence-corrected chi connectivity index (χ4v) is 18.1. The number of likely N-dealkylation sites (N-methyl/N-ethyl adjacent to an activating group) is 1. The number of primary amides is 1. The SMILES string of the molecule is Cc1sc2nc1C(=O)C[C@@H]([C@H](O)c1ccccc1)c1nc(cs1)C(=O)N[C@@H](Cc1ccc(OCC(=O)N3CCN(C)CC3)cc1)C(=O)N1C[C@H](O)[C@H](C)[C@H]1c1nc(cs1)-c1nc(cs1)-c1nc(-c3nc(C(=O)NC4CCC(C(=O)O)CC4)cs3)ccc1-c1nc(cs1)C(=O)N[C@H]2CC(N)=O. The summed E-state index contributed by atoms with van der Waals surface area (Å²) >= 11 is 7.01. The number of hydrogen-bond acceptors (Lipinski definition) is 25. The lowest BCUT2D eigenvalue weighted by molar-refractivity contribution is -0.143. The Labute approximate surface area is 596 Å². The minimum atomic E-state index is -1.32. The molecule has 4 aliphatic rings. The predicted octanol–water partition coefficient (Wildman–Crippen LogP) is 7.99. The standard InChI is InChI=1S/C68H68N14O12S6/c1-33-51(84)26-82-56(33)66-78-49(32-99-66)64-74-45(28-97-64)55-40(17-18-42(71-55)63-77-46(31-98-63)58(88)70-38-13-11-37(12-14-38)68(92)93)61-75-47(29-95-61)59(89)72-43(25-52(69)85)65-79-54(34(2)100-65)50(83)24-41(57(87)36-7-5-4-6-8-36)62-76-48(30-96-62)60(90)73-44(67(82)91)23-35-9-15-39(16-10-35)94-27-53(86)81-21-19-80(3)20-22-81/h4-10,15-18,28-33,37-38,41,43-44,51,56-57,84,87H,11-14,19-27H2,1-3H3,(H2,69,85)(H,70,88)(H,72,89)(H,73,90)(H,92,93)/t33-,37?,38?,41-,43-,44-,51-,56-,57+/m0/s1. The van der Waals surface area contributed by atoms with E-state index in [4.69, 9.17) is 40.4 Å². The van der Waals surface area contributed by atoms with E-state index >= 15 is 4.79 Å². The van der Waals surface area contributed by atoms with Crippen LogP contribution in [0, 0.1) is 18.8 Å². The molecule has 0 spiro atoms. The second-order valence-electron chi connectivity index (χ2n) is 25.2. The number of nitrogens with zero attached hydrogens (tertiary/aromatic N) is 10. The molecule has 0 unspecified atom stereocenters. The largest absolute Gasteiger partial charge is 0.484 e. The number of aliphatic hydroxyl groups is 2. The summed E-state index contributed by atoms with van der Waals surface area (Å²) in [6.07, 6.45) is -1.17. The third-order valence-corrected chi connectivity index (χ3v) is 23.9. The quantitative estimate of drug-likeness (QED) is 0.0574. The highest BCUT2D eigenvalue weighted by Gasteiger charge is 2.46. The average molecular weight is 1470 g/mol. The molecular formula is C68H68N14O12S6. The van der Waals surface area contributed by atoms with Gasteiger partial charge in [0.1, 0.15) is 76.7 Å². The fourth-order valence-electron chi connectivity index (χ4n) is 12.7. The zero-order valence-electron chi connectivity index (χ0n) is 54.1. The molecule has 2 aromatic carbocycles. The number of thiazole rings is 6. The molecule has 13 rings (SSSR count). The van der Waals surface area contributed by atoms with Gasteiger partial charge in [0.15, 0.2) is 12.4 Å². The number of aliphatic hydroxyl groups excluding tert-OH is 2. The van der Waals surface area contributed by atoms with Crippen LogP contribution in [0.2, 0.25) is 0 Å². The first kappa shape index (κ1) is 69.5. The van der Waals surface area contributed by atoms with Gasteiger partial charge in [-0.25, -0.2) is 34.9 Å². The van der Waals surface area contributed by atoms with Crippen LogP contribution >= 0.6 is 68.0 Å². The molecule has 7 atom stereocenters. The molecular weight excluding hydrogens is 1400 g/mol. The lowest BCUT2D eigenvalue weighted by Crippen LogP contribution is -2.50. The highest BCUT2D eigenvalue weighted by Crippen LogP contribution is 2.44. The maximum absolute atomic E-state index is 15.5. The number of nitrogens with one attached hydrogen (secondary N) is 3. The molecule has 3 fully saturated rings. The first-order valence-electron chi connectivity index (χ1n) is 32.3. The summed E-state index contributed by atoms with van der Waals surface area (Å²) in [5, 5.41) is 52.7. The number of fused-ring (bicyclic) bond motifs is 16. The summed E-state index contributed by atoms with van der Waals surface area (Å²) < 4.78 is 5.94. The molecule has 6 amide bonds. The number of carbonyl (C=O) groups excluding carboxylic acids is 7. The number of ketones is 1. The normalized spacial score (nSPS) is 21.9. The van der Waals surface area contributed by atoms with Crippen molar-refractivity contribution in [2.75, 3.05) is 46.4 Å². The smallest absolute Gasteiger partial charge is 0.306 e. The number of ether oxygens (including phenoxy) is 1. The van der Waals surface area contributed by atoms with Crippen LogP contribution in [-0.4, -0.2) is 177 Å². The van der Waals surface area contributed by atoms with Crippen LogP contribution in [0.4, 0.5) is 0 Å². The molecule has 10 heterocycles. The minimum absolute atomic E-state index is 0.0136. The number of Topliss-reactive ketones (excluding diaryl/α,β-unsaturated/α-hetero) is 1. The van der Waals surface area contributed by atoms with E-state index in [1.165, 1.54) is 44.3 Å². The Bertz CT molecular complexity index is 4550. The van der Waals surface area contributed by atoms with E-state index in [-0.39, 0.29) is 70.7 Å². The molecule has 2 saturated heterocycles. The summed E-state index contributed by atoms with van der Waals surface area (Å²) in [4.78, 5) is 151. The second-order valence-corrected chi connectivity index (χ2v) is 30.7. The van der Waals surface area contributed by atoms with E-state index in [2.05, 4.69) is 25.8 Å². The van der Waals surface area contributed by atoms with Crippen LogP contribution in [-0.2, 0) is 25.6 Å². The molecule has 32 heteroatoms. The zero-order chi connectivity index (χ0) is 70.0. The molecule has 1 aliphatic carbocycles. The number of aliphatic carboxylic acids is 1. The third kappa shape index (κ3) is 15.3. The first-order chi connectivity index (χ1) is 48.2. The monoisotopic (exact) mass is 1460 g/mol. The maximum Gasteiger partial charge on any atom is 0.306 e. The number of carboxylic acid groups (broad SMARTS) is 1. The van der Waals surface area contributed by atoms with Crippen molar-refractivity contribution in [1.29, 1.82) is 0 Å². The molecule has 9 aromatic rings. The van der Waals surface area contributed by atoms with Crippen molar-refractivity contribution in [3.8, 4) is 49.1 Å². The Morgan fingerprint density at radius 2 is 1.35 bits per heavy atom. The minimum Gasteiger partial charge on any atom is -0.484 e. The van der Waals surface area contributed by atoms with Crippen molar-refractivity contribution in [3.63, 3.8) is 0 Å². The second kappa shape index (κ2) is 30.1. The van der Waals surface area contributed by atoms with Crippen LogP contribution in [0.5, 0.6) is 5.75 Å². The van der Waals surface area contributed by atoms with Gasteiger partial charge in [-0.05, 0) is 75.0 Å². The van der Waals surface area contributed by atoms with E-state index in [1.807, 2.05) is 19.4 Å². The molecule has 8 N–H and O–H groups in total. The van der Waals surface area contributed by atoms with Crippen LogP contribution in [0.1, 0.15) is 143 Å². The Morgan fingerprint density at radius 3 is 2.09 bits per heavy atom. The summed E-state index contributed by atoms with van der Waals surface area (Å²) in [5.74, 6) is -6.22. The number of rotatable bonds is 13. The molecule has 100 heavy (non-hydrogen) atoms. The van der Waals surface area contributed by atoms with Gasteiger partial charge in [-0.1, -0.05) is 49.4 Å². The van der Waals surface area contributed by atoms with E-state index in [0.717, 1.165) is 47.1 Å². The fraction of sp³-hybridized carbons (Fsp3) is 0.368. The van der Waals surface area contributed by atoms with Crippen molar-refractivity contribution in [3.05, 3.63) is 147 Å². The molecule has 10 bridgehead atoms.